The van der Waals surface area contributed by atoms with Gasteiger partial charge in [0.05, 0.1) is 0 Å². The summed E-state index contributed by atoms with van der Waals surface area (Å²) in [7, 11) is 4.25. The molecule has 1 fully saturated rings. The lowest BCUT2D eigenvalue weighted by Crippen LogP contribution is -2.47. The Kier molecular flexibility index (Phi) is 3.53. The molecule has 2 rings (SSSR count). The van der Waals surface area contributed by atoms with Crippen LogP contribution in [0.2, 0.25) is 5.02 Å². The van der Waals surface area contributed by atoms with E-state index in [2.05, 4.69) is 36.4 Å². The molecule has 1 heterocycles. The maximum absolute atomic E-state index is 5.90. The van der Waals surface area contributed by atoms with Gasteiger partial charge in [0.15, 0.2) is 0 Å². The lowest BCUT2D eigenvalue weighted by atomic mass is 9.90. The molecule has 0 radical (unpaired) electrons. The fourth-order valence-corrected chi connectivity index (χ4v) is 2.64. The van der Waals surface area contributed by atoms with E-state index >= 15 is 0 Å². The lowest BCUT2D eigenvalue weighted by Gasteiger charge is -2.28. The maximum Gasteiger partial charge on any atom is 0.0406 e. The number of rotatable bonds is 3. The summed E-state index contributed by atoms with van der Waals surface area (Å²) in [5, 5.41) is 4.31. The van der Waals surface area contributed by atoms with Crippen molar-refractivity contribution in [1.82, 2.24) is 10.2 Å². The third kappa shape index (κ3) is 2.57. The largest absolute Gasteiger partial charge is 0.313 e. The highest BCUT2D eigenvalue weighted by atomic mass is 35.5. The zero-order valence-electron chi connectivity index (χ0n) is 9.96. The average Bonchev–Trinajstić information content (AvgIpc) is 2.64. The van der Waals surface area contributed by atoms with Crippen molar-refractivity contribution in [3.05, 3.63) is 34.9 Å². The van der Waals surface area contributed by atoms with Gasteiger partial charge in [0.2, 0.25) is 0 Å². The maximum atomic E-state index is 5.90. The summed E-state index contributed by atoms with van der Waals surface area (Å²) in [5.41, 5.74) is 1.59. The normalized spacial score (nSPS) is 26.2. The summed E-state index contributed by atoms with van der Waals surface area (Å²) >= 11 is 5.90. The summed E-state index contributed by atoms with van der Waals surface area (Å²) < 4.78 is 0. The van der Waals surface area contributed by atoms with E-state index in [1.54, 1.807) is 0 Å². The molecule has 0 aliphatic carbocycles. The van der Waals surface area contributed by atoms with E-state index < -0.39 is 0 Å². The summed E-state index contributed by atoms with van der Waals surface area (Å²) in [6.45, 7) is 2.29. The quantitative estimate of drug-likeness (QED) is 0.869. The summed E-state index contributed by atoms with van der Waals surface area (Å²) in [6, 6.07) is 8.19. The van der Waals surface area contributed by atoms with Gasteiger partial charge in [-0.1, -0.05) is 23.7 Å². The minimum absolute atomic E-state index is 0.239. The molecule has 3 heteroatoms. The molecule has 0 amide bonds. The van der Waals surface area contributed by atoms with Crippen LogP contribution in [0, 0.1) is 0 Å². The number of halogens is 1. The molecule has 0 aromatic heterocycles. The summed E-state index contributed by atoms with van der Waals surface area (Å²) in [4.78, 5) is 2.38. The molecule has 1 aromatic carbocycles. The Morgan fingerprint density at radius 3 is 2.56 bits per heavy atom. The third-order valence-corrected chi connectivity index (χ3v) is 3.78. The Hall–Kier alpha value is -0.570. The number of likely N-dealkylation sites (N-methyl/N-ethyl adjacent to an activating group) is 2. The van der Waals surface area contributed by atoms with Crippen LogP contribution in [-0.2, 0) is 6.42 Å². The van der Waals surface area contributed by atoms with Crippen molar-refractivity contribution >= 4 is 11.6 Å². The van der Waals surface area contributed by atoms with Crippen LogP contribution >= 0.6 is 11.6 Å². The van der Waals surface area contributed by atoms with Crippen LogP contribution in [0.25, 0.3) is 0 Å². The van der Waals surface area contributed by atoms with Crippen molar-refractivity contribution in [3.63, 3.8) is 0 Å². The van der Waals surface area contributed by atoms with Crippen molar-refractivity contribution in [3.8, 4) is 0 Å². The Morgan fingerprint density at radius 2 is 2.06 bits per heavy atom. The molecule has 1 atom stereocenters. The molecule has 2 nitrogen and oxygen atoms in total. The monoisotopic (exact) mass is 238 g/mol. The SMILES string of the molecule is CNC1(Cc2ccc(Cl)cc2)CCN(C)C1. The van der Waals surface area contributed by atoms with Gasteiger partial charge in [-0.2, -0.15) is 0 Å². The molecule has 1 saturated heterocycles. The van der Waals surface area contributed by atoms with Gasteiger partial charge >= 0.3 is 0 Å². The van der Waals surface area contributed by atoms with Gasteiger partial charge in [-0.25, -0.2) is 0 Å². The van der Waals surface area contributed by atoms with E-state index in [9.17, 15) is 0 Å². The zero-order valence-corrected chi connectivity index (χ0v) is 10.7. The molecule has 0 saturated carbocycles. The zero-order chi connectivity index (χ0) is 11.6. The number of likely N-dealkylation sites (tertiary alicyclic amines) is 1. The first-order chi connectivity index (χ1) is 7.63. The van der Waals surface area contributed by atoms with Gasteiger partial charge in [-0.3, -0.25) is 0 Å². The minimum atomic E-state index is 0.239. The summed E-state index contributed by atoms with van der Waals surface area (Å²) in [6.07, 6.45) is 2.29. The van der Waals surface area contributed by atoms with Gasteiger partial charge in [-0.15, -0.1) is 0 Å². The fourth-order valence-electron chi connectivity index (χ4n) is 2.51. The van der Waals surface area contributed by atoms with Crippen molar-refractivity contribution in [2.24, 2.45) is 0 Å². The standard InChI is InChI=1S/C13H19ClN2/c1-15-13(7-8-16(2)10-13)9-11-3-5-12(14)6-4-11/h3-6,15H,7-10H2,1-2H3. The molecule has 16 heavy (non-hydrogen) atoms. The first kappa shape index (κ1) is 11.9. The Morgan fingerprint density at radius 1 is 1.38 bits per heavy atom. The molecule has 1 aliphatic rings. The molecule has 1 N–H and O–H groups in total. The van der Waals surface area contributed by atoms with Crippen LogP contribution < -0.4 is 5.32 Å². The van der Waals surface area contributed by atoms with Crippen molar-refractivity contribution in [2.75, 3.05) is 27.2 Å². The van der Waals surface area contributed by atoms with Gasteiger partial charge in [0.1, 0.15) is 0 Å². The fraction of sp³-hybridized carbons (Fsp3) is 0.538. The molecule has 1 unspecified atom stereocenters. The molecule has 1 aliphatic heterocycles. The first-order valence-corrected chi connectivity index (χ1v) is 6.13. The minimum Gasteiger partial charge on any atom is -0.313 e. The molecule has 88 valence electrons. The number of nitrogens with one attached hydrogen (secondary N) is 1. The van der Waals surface area contributed by atoms with Gasteiger partial charge in [0, 0.05) is 17.1 Å². The predicted octanol–water partition coefficient (Wildman–Crippen LogP) is 2.18. The highest BCUT2D eigenvalue weighted by molar-refractivity contribution is 6.30. The molecular weight excluding hydrogens is 220 g/mol. The smallest absolute Gasteiger partial charge is 0.0406 e. The van der Waals surface area contributed by atoms with E-state index in [4.69, 9.17) is 11.6 Å². The molecular formula is C13H19ClN2. The Bertz CT molecular complexity index is 349. The number of nitrogens with zero attached hydrogens (tertiary/aromatic N) is 1. The Balaban J connectivity index is 2.10. The summed E-state index contributed by atoms with van der Waals surface area (Å²) in [5.74, 6) is 0. The van der Waals surface area contributed by atoms with E-state index in [0.717, 1.165) is 18.0 Å². The third-order valence-electron chi connectivity index (χ3n) is 3.53. The van der Waals surface area contributed by atoms with Crippen LogP contribution in [-0.4, -0.2) is 37.6 Å². The number of hydrogen-bond acceptors (Lipinski definition) is 2. The average molecular weight is 239 g/mol. The van der Waals surface area contributed by atoms with E-state index in [0.29, 0.717) is 0 Å². The van der Waals surface area contributed by atoms with E-state index in [-0.39, 0.29) is 5.54 Å². The molecule has 0 spiro atoms. The topological polar surface area (TPSA) is 15.3 Å². The Labute approximate surface area is 103 Å². The van der Waals surface area contributed by atoms with Gasteiger partial charge < -0.3 is 10.2 Å². The van der Waals surface area contributed by atoms with E-state index in [1.165, 1.54) is 18.5 Å². The van der Waals surface area contributed by atoms with Crippen LogP contribution in [0.4, 0.5) is 0 Å². The lowest BCUT2D eigenvalue weighted by molar-refractivity contribution is 0.326. The van der Waals surface area contributed by atoms with Crippen molar-refractivity contribution in [2.45, 2.75) is 18.4 Å². The second-order valence-corrected chi connectivity index (χ2v) is 5.26. The second kappa shape index (κ2) is 4.74. The molecule has 0 bridgehead atoms. The van der Waals surface area contributed by atoms with Crippen LogP contribution in [0.3, 0.4) is 0 Å². The first-order valence-electron chi connectivity index (χ1n) is 5.75. The van der Waals surface area contributed by atoms with Crippen LogP contribution in [0.5, 0.6) is 0 Å². The van der Waals surface area contributed by atoms with Crippen molar-refractivity contribution in [1.29, 1.82) is 0 Å². The highest BCUT2D eigenvalue weighted by Gasteiger charge is 2.34. The van der Waals surface area contributed by atoms with E-state index in [1.807, 2.05) is 12.1 Å². The van der Waals surface area contributed by atoms with Gasteiger partial charge in [-0.05, 0) is 51.2 Å². The number of benzene rings is 1. The predicted molar refractivity (Wildman–Crippen MR) is 69.1 cm³/mol. The van der Waals surface area contributed by atoms with Crippen molar-refractivity contribution < 1.29 is 0 Å². The number of hydrogen-bond donors (Lipinski definition) is 1. The van der Waals surface area contributed by atoms with Crippen LogP contribution in [0.1, 0.15) is 12.0 Å². The van der Waals surface area contributed by atoms with Gasteiger partial charge in [0.25, 0.3) is 0 Å². The highest BCUT2D eigenvalue weighted by Crippen LogP contribution is 2.24. The molecule has 1 aromatic rings. The second-order valence-electron chi connectivity index (χ2n) is 4.82. The van der Waals surface area contributed by atoms with Crippen LogP contribution in [0.15, 0.2) is 24.3 Å².